The zero-order valence-electron chi connectivity index (χ0n) is 30.9. The average Bonchev–Trinajstić information content (AvgIpc) is 3.70. The highest BCUT2D eigenvalue weighted by Gasteiger charge is 2.47. The van der Waals surface area contributed by atoms with E-state index in [1.807, 2.05) is 20.8 Å². The van der Waals surface area contributed by atoms with Crippen LogP contribution < -0.4 is 16.0 Å². The lowest BCUT2D eigenvalue weighted by molar-refractivity contribution is -0.141. The Labute approximate surface area is 306 Å². The van der Waals surface area contributed by atoms with Crippen molar-refractivity contribution in [3.63, 3.8) is 0 Å². The summed E-state index contributed by atoms with van der Waals surface area (Å²) in [5.41, 5.74) is 0.484. The van der Waals surface area contributed by atoms with E-state index >= 15 is 0 Å². The highest BCUT2D eigenvalue weighted by atomic mass is 32.2. The molecule has 1 saturated heterocycles. The number of carbonyl (C=O) groups is 4. The van der Waals surface area contributed by atoms with Crippen LogP contribution in [0.15, 0.2) is 18.2 Å². The Morgan fingerprint density at radius 2 is 1.75 bits per heavy atom. The lowest BCUT2D eigenvalue weighted by atomic mass is 9.77. The van der Waals surface area contributed by atoms with Crippen molar-refractivity contribution in [2.75, 3.05) is 26.4 Å². The van der Waals surface area contributed by atoms with Crippen molar-refractivity contribution in [3.8, 4) is 0 Å². The molecule has 0 bridgehead atoms. The predicted molar refractivity (Wildman–Crippen MR) is 191 cm³/mol. The number of urea groups is 1. The summed E-state index contributed by atoms with van der Waals surface area (Å²) in [7, 11) is -3.99. The molecule has 0 spiro atoms. The van der Waals surface area contributed by atoms with Crippen LogP contribution in [0.4, 0.5) is 14.0 Å². The minimum Gasteiger partial charge on any atom is -0.444 e. The Hall–Kier alpha value is -3.48. The number of ether oxygens (including phenoxy) is 1. The number of benzene rings is 1. The van der Waals surface area contributed by atoms with Gasteiger partial charge in [-0.2, -0.15) is 0 Å². The fourth-order valence-electron chi connectivity index (χ4n) is 7.07. The van der Waals surface area contributed by atoms with E-state index in [9.17, 15) is 42.0 Å². The van der Waals surface area contributed by atoms with E-state index in [2.05, 4.69) is 16.0 Å². The monoisotopic (exact) mass is 752 g/mol. The van der Waals surface area contributed by atoms with Gasteiger partial charge in [0.25, 0.3) is 0 Å². The van der Waals surface area contributed by atoms with Gasteiger partial charge >= 0.3 is 19.2 Å². The molecule has 1 aromatic rings. The van der Waals surface area contributed by atoms with Crippen LogP contribution in [0, 0.1) is 17.2 Å². The van der Waals surface area contributed by atoms with Crippen LogP contribution in [0.3, 0.4) is 0 Å². The summed E-state index contributed by atoms with van der Waals surface area (Å²) in [4.78, 5) is 57.8. The van der Waals surface area contributed by atoms with Gasteiger partial charge in [0.2, 0.25) is 21.8 Å². The van der Waals surface area contributed by atoms with Crippen LogP contribution >= 0.6 is 0 Å². The highest BCUT2D eigenvalue weighted by Crippen LogP contribution is 2.32. The molecule has 2 heterocycles. The molecule has 1 aromatic carbocycles. The molecule has 1 saturated carbocycles. The Balaban J connectivity index is 1.57. The van der Waals surface area contributed by atoms with Crippen molar-refractivity contribution in [2.24, 2.45) is 11.3 Å². The number of hydrogen-bond acceptors (Lipinski definition) is 9. The third-order valence-corrected chi connectivity index (χ3v) is 11.7. The van der Waals surface area contributed by atoms with Crippen LogP contribution in [0.5, 0.6) is 0 Å². The quantitative estimate of drug-likeness (QED) is 0.198. The standard InChI is InChI=1S/C34H54BFN6O9S/c1-7-28(35(47)48)38-30(43)26-16-23(51-33(46)41-17-22-14-11-15-25(36)24(22)19-41)18-42(26)31(44)29(21-12-9-8-10-13-21)39-32(45)37-27(34(2,3)4)20-40(5)52(6,49)50/h11,14-15,21,23,26-29,47-48H,7-10,12-13,16-20H2,1-6H3,(H,38,43)(H2,37,39,45)/t23-,26+,27-,28+,29+/m1/s1. The van der Waals surface area contributed by atoms with Crippen molar-refractivity contribution >= 4 is 41.1 Å². The van der Waals surface area contributed by atoms with Gasteiger partial charge in [0.15, 0.2) is 0 Å². The van der Waals surface area contributed by atoms with E-state index in [4.69, 9.17) is 4.74 Å². The number of sulfonamides is 1. The summed E-state index contributed by atoms with van der Waals surface area (Å²) in [5.74, 6) is -2.97. The molecular formula is C34H54BFN6O9S. The third kappa shape index (κ3) is 10.3. The van der Waals surface area contributed by atoms with Gasteiger partial charge in [-0.3, -0.25) is 14.5 Å². The summed E-state index contributed by atoms with van der Waals surface area (Å²) in [6.45, 7) is 7.19. The Bertz CT molecular complexity index is 1570. The fourth-order valence-corrected chi connectivity index (χ4v) is 7.49. The molecule has 1 aliphatic carbocycles. The number of nitrogens with one attached hydrogen (secondary N) is 3. The second kappa shape index (κ2) is 17.1. The van der Waals surface area contributed by atoms with Crippen LogP contribution in [0.1, 0.15) is 83.8 Å². The first-order chi connectivity index (χ1) is 24.3. The second-order valence-corrected chi connectivity index (χ2v) is 17.5. The largest absolute Gasteiger partial charge is 0.475 e. The smallest absolute Gasteiger partial charge is 0.444 e. The number of hydrogen-bond donors (Lipinski definition) is 5. The van der Waals surface area contributed by atoms with E-state index in [1.165, 1.54) is 22.9 Å². The molecule has 52 heavy (non-hydrogen) atoms. The number of fused-ring (bicyclic) bond motifs is 1. The first kappa shape index (κ1) is 41.3. The van der Waals surface area contributed by atoms with Crippen molar-refractivity contribution in [1.29, 1.82) is 0 Å². The Morgan fingerprint density at radius 1 is 1.08 bits per heavy atom. The van der Waals surface area contributed by atoms with Crippen LogP contribution in [-0.2, 0) is 37.4 Å². The maximum Gasteiger partial charge on any atom is 0.475 e. The average molecular weight is 753 g/mol. The maximum atomic E-state index is 14.6. The maximum absolute atomic E-state index is 14.6. The summed E-state index contributed by atoms with van der Waals surface area (Å²) in [5, 5.41) is 28.0. The molecule has 5 N–H and O–H groups in total. The molecule has 290 valence electrons. The van der Waals surface area contributed by atoms with Gasteiger partial charge in [-0.15, -0.1) is 0 Å². The number of rotatable bonds is 12. The van der Waals surface area contributed by atoms with Crippen molar-refractivity contribution < 1.29 is 46.8 Å². The van der Waals surface area contributed by atoms with E-state index in [-0.39, 0.29) is 44.9 Å². The van der Waals surface area contributed by atoms with Crippen molar-refractivity contribution in [1.82, 2.24) is 30.1 Å². The van der Waals surface area contributed by atoms with E-state index in [0.717, 1.165) is 29.8 Å². The number of nitrogens with zero attached hydrogens (tertiary/aromatic N) is 3. The predicted octanol–water partition coefficient (Wildman–Crippen LogP) is 1.71. The topological polar surface area (TPSA) is 198 Å². The molecule has 5 atom stereocenters. The zero-order chi connectivity index (χ0) is 38.5. The van der Waals surface area contributed by atoms with Crippen molar-refractivity contribution in [3.05, 3.63) is 35.1 Å². The Morgan fingerprint density at radius 3 is 2.33 bits per heavy atom. The summed E-state index contributed by atoms with van der Waals surface area (Å²) < 4.78 is 45.7. The molecule has 4 rings (SSSR count). The van der Waals surface area contributed by atoms with Gasteiger partial charge in [0.05, 0.1) is 25.3 Å². The Kier molecular flexibility index (Phi) is 13.6. The number of likely N-dealkylation sites (tertiary alicyclic amines) is 1. The van der Waals surface area contributed by atoms with Gasteiger partial charge in [-0.1, -0.05) is 59.1 Å². The molecule has 5 amide bonds. The SMILES string of the molecule is CC[C@H](NC(=O)[C@@H]1C[C@@H](OC(=O)N2Cc3cccc(F)c3C2)CN1C(=O)[C@@H](NC(=O)N[C@H](CN(C)S(C)(=O)=O)C(C)(C)C)C1CCCCC1)B(O)O. The van der Waals surface area contributed by atoms with E-state index in [1.54, 1.807) is 19.1 Å². The second-order valence-electron chi connectivity index (χ2n) is 15.4. The van der Waals surface area contributed by atoms with Gasteiger partial charge in [0.1, 0.15) is 24.0 Å². The molecule has 0 radical (unpaired) electrons. The minimum absolute atomic E-state index is 0.00497. The lowest BCUT2D eigenvalue weighted by Gasteiger charge is -2.37. The van der Waals surface area contributed by atoms with Gasteiger partial charge in [-0.05, 0) is 42.2 Å². The summed E-state index contributed by atoms with van der Waals surface area (Å²) in [6, 6.07) is 1.05. The molecule has 15 nitrogen and oxygen atoms in total. The van der Waals surface area contributed by atoms with Crippen LogP contribution in [0.25, 0.3) is 0 Å². The minimum atomic E-state index is -3.55. The highest BCUT2D eigenvalue weighted by molar-refractivity contribution is 7.88. The fraction of sp³-hybridized carbons (Fsp3) is 0.706. The first-order valence-corrected chi connectivity index (χ1v) is 19.8. The first-order valence-electron chi connectivity index (χ1n) is 18.0. The third-order valence-electron chi connectivity index (χ3n) is 10.5. The summed E-state index contributed by atoms with van der Waals surface area (Å²) >= 11 is 0. The van der Waals surface area contributed by atoms with Gasteiger partial charge < -0.3 is 35.6 Å². The molecule has 0 aromatic heterocycles. The number of carbonyl (C=O) groups excluding carboxylic acids is 4. The normalized spacial score (nSPS) is 21.3. The molecule has 2 aliphatic heterocycles. The molecule has 3 aliphatic rings. The van der Waals surface area contributed by atoms with E-state index in [0.29, 0.717) is 24.0 Å². The molecular weight excluding hydrogens is 698 g/mol. The zero-order valence-corrected chi connectivity index (χ0v) is 31.7. The van der Waals surface area contributed by atoms with Crippen molar-refractivity contribution in [2.45, 2.75) is 116 Å². The number of likely N-dealkylation sites (N-methyl/N-ethyl adjacent to an activating group) is 1. The van der Waals surface area contributed by atoms with E-state index < -0.39 is 82.5 Å². The van der Waals surface area contributed by atoms with Gasteiger partial charge in [0, 0.05) is 38.2 Å². The number of halogens is 1. The molecule has 18 heteroatoms. The van der Waals surface area contributed by atoms with Crippen LogP contribution in [-0.4, -0.2) is 120 Å². The molecule has 2 fully saturated rings. The van der Waals surface area contributed by atoms with Crippen LogP contribution in [0.2, 0.25) is 0 Å². The lowest BCUT2D eigenvalue weighted by Crippen LogP contribution is -2.61. The molecule has 0 unspecified atom stereocenters. The summed E-state index contributed by atoms with van der Waals surface area (Å²) in [6.07, 6.45) is 3.40. The number of amides is 5. The van der Waals surface area contributed by atoms with Gasteiger partial charge in [-0.25, -0.2) is 26.7 Å².